The van der Waals surface area contributed by atoms with Gasteiger partial charge in [0.1, 0.15) is 0 Å². The van der Waals surface area contributed by atoms with Crippen LogP contribution in [-0.4, -0.2) is 35.0 Å². The molecule has 3 rings (SSSR count). The number of aromatic amines is 1. The number of amides is 2. The van der Waals surface area contributed by atoms with Crippen LogP contribution in [0.4, 0.5) is 5.69 Å². The molecule has 28 heavy (non-hydrogen) atoms. The minimum atomic E-state index is -3.97. The fourth-order valence-electron chi connectivity index (χ4n) is 2.33. The van der Waals surface area contributed by atoms with Crippen molar-refractivity contribution in [1.82, 2.24) is 19.5 Å². The molecule has 11 heteroatoms. The molecule has 0 spiro atoms. The maximum atomic E-state index is 12.3. The van der Waals surface area contributed by atoms with Crippen molar-refractivity contribution in [2.45, 2.75) is 11.8 Å². The fraction of sp³-hybridized carbons (Fsp3) is 0.0588. The number of sulfonamides is 1. The molecule has 144 valence electrons. The summed E-state index contributed by atoms with van der Waals surface area (Å²) in [5.41, 5.74) is 0.199. The molecule has 0 saturated carbocycles. The Labute approximate surface area is 159 Å². The van der Waals surface area contributed by atoms with Crippen LogP contribution in [0.1, 0.15) is 17.5 Å². The van der Waals surface area contributed by atoms with Gasteiger partial charge in [-0.2, -0.15) is 4.68 Å². The number of H-pyrrole nitrogens is 1. The zero-order valence-electron chi connectivity index (χ0n) is 14.5. The third kappa shape index (κ3) is 4.15. The van der Waals surface area contributed by atoms with Gasteiger partial charge in [-0.1, -0.05) is 18.2 Å². The predicted octanol–water partition coefficient (Wildman–Crippen LogP) is 0.638. The second-order valence-corrected chi connectivity index (χ2v) is 7.35. The van der Waals surface area contributed by atoms with E-state index >= 15 is 0 Å². The third-order valence-corrected chi connectivity index (χ3v) is 4.98. The van der Waals surface area contributed by atoms with Crippen LogP contribution in [0.3, 0.4) is 0 Å². The normalized spacial score (nSPS) is 11.0. The van der Waals surface area contributed by atoms with E-state index in [-0.39, 0.29) is 16.4 Å². The number of aromatic nitrogens is 3. The van der Waals surface area contributed by atoms with Crippen molar-refractivity contribution < 1.29 is 18.0 Å². The van der Waals surface area contributed by atoms with Crippen LogP contribution >= 0.6 is 0 Å². The van der Waals surface area contributed by atoms with Crippen LogP contribution in [0.5, 0.6) is 0 Å². The van der Waals surface area contributed by atoms with Gasteiger partial charge in [0.2, 0.25) is 11.7 Å². The highest BCUT2D eigenvalue weighted by atomic mass is 32.2. The number of nitrogens with one attached hydrogen (secondary N) is 3. The Morgan fingerprint density at radius 1 is 1.04 bits per heavy atom. The summed E-state index contributed by atoms with van der Waals surface area (Å²) in [5, 5.41) is 6.46. The lowest BCUT2D eigenvalue weighted by Gasteiger charge is -2.06. The van der Waals surface area contributed by atoms with Crippen LogP contribution in [0.15, 0.2) is 64.3 Å². The molecule has 0 saturated heterocycles. The number of carbonyl (C=O) groups excluding carboxylic acids is 2. The minimum Gasteiger partial charge on any atom is -0.319 e. The Balaban J connectivity index is 1.77. The Bertz CT molecular complexity index is 1180. The van der Waals surface area contributed by atoms with Gasteiger partial charge in [-0.05, 0) is 36.4 Å². The lowest BCUT2D eigenvalue weighted by atomic mass is 10.3. The van der Waals surface area contributed by atoms with Gasteiger partial charge >= 0.3 is 5.69 Å². The monoisotopic (exact) mass is 401 g/mol. The van der Waals surface area contributed by atoms with E-state index in [0.717, 1.165) is 11.6 Å². The number of benzene rings is 2. The molecule has 0 radical (unpaired) electrons. The first-order chi connectivity index (χ1) is 13.3. The number of anilines is 1. The molecule has 3 N–H and O–H groups in total. The number of nitrogens with zero attached hydrogens (tertiary/aromatic N) is 2. The highest BCUT2D eigenvalue weighted by molar-refractivity contribution is 7.90. The molecule has 0 fully saturated rings. The van der Waals surface area contributed by atoms with E-state index in [1.165, 1.54) is 24.3 Å². The number of para-hydroxylation sites is 1. The largest absolute Gasteiger partial charge is 0.348 e. The second kappa shape index (κ2) is 7.48. The highest BCUT2D eigenvalue weighted by Gasteiger charge is 2.17. The van der Waals surface area contributed by atoms with Gasteiger partial charge in [0, 0.05) is 12.6 Å². The Kier molecular flexibility index (Phi) is 5.09. The fourth-order valence-corrected chi connectivity index (χ4v) is 3.32. The van der Waals surface area contributed by atoms with Crippen molar-refractivity contribution in [3.05, 3.63) is 70.9 Å². The van der Waals surface area contributed by atoms with Gasteiger partial charge in [0.25, 0.3) is 15.9 Å². The summed E-state index contributed by atoms with van der Waals surface area (Å²) in [5.74, 6) is -1.59. The molecule has 0 unspecified atom stereocenters. The lowest BCUT2D eigenvalue weighted by Crippen LogP contribution is -2.28. The minimum absolute atomic E-state index is 0.137. The third-order valence-electron chi connectivity index (χ3n) is 3.53. The molecule has 0 aliphatic rings. The summed E-state index contributed by atoms with van der Waals surface area (Å²) in [6.07, 6.45) is 0. The van der Waals surface area contributed by atoms with E-state index in [1.54, 1.807) is 30.3 Å². The van der Waals surface area contributed by atoms with Crippen molar-refractivity contribution in [3.8, 4) is 5.69 Å². The molecular formula is C17H15N5O5S. The number of hydrogen-bond donors (Lipinski definition) is 3. The van der Waals surface area contributed by atoms with Gasteiger partial charge in [-0.3, -0.25) is 14.6 Å². The van der Waals surface area contributed by atoms with Gasteiger partial charge in [-0.25, -0.2) is 17.9 Å². The standard InChI is InChI=1S/C17H15N5O5S/c1-11(23)21-28(26,27)14-9-7-12(8-10-14)18-16(24)15-19-17(25)22(20-15)13-5-3-2-4-6-13/h2-10H,1H3,(H,18,24)(H,21,23)(H,19,20,25). The quantitative estimate of drug-likeness (QED) is 0.572. The van der Waals surface area contributed by atoms with E-state index in [4.69, 9.17) is 0 Å². The second-order valence-electron chi connectivity index (χ2n) is 5.67. The molecule has 1 aromatic heterocycles. The van der Waals surface area contributed by atoms with Crippen LogP contribution in [0.2, 0.25) is 0 Å². The Morgan fingerprint density at radius 2 is 1.68 bits per heavy atom. The zero-order valence-corrected chi connectivity index (χ0v) is 15.4. The molecule has 0 atom stereocenters. The van der Waals surface area contributed by atoms with Crippen LogP contribution < -0.4 is 15.7 Å². The first-order valence-electron chi connectivity index (χ1n) is 7.96. The first-order valence-corrected chi connectivity index (χ1v) is 9.44. The van der Waals surface area contributed by atoms with Crippen molar-refractivity contribution in [2.24, 2.45) is 0 Å². The molecule has 2 aromatic carbocycles. The van der Waals surface area contributed by atoms with E-state index < -0.39 is 27.5 Å². The summed E-state index contributed by atoms with van der Waals surface area (Å²) in [7, 11) is -3.97. The van der Waals surface area contributed by atoms with Crippen molar-refractivity contribution in [2.75, 3.05) is 5.32 Å². The van der Waals surface area contributed by atoms with Crippen LogP contribution in [0.25, 0.3) is 5.69 Å². The molecule has 1 heterocycles. The zero-order chi connectivity index (χ0) is 20.3. The molecule has 0 aliphatic heterocycles. The smallest absolute Gasteiger partial charge is 0.319 e. The van der Waals surface area contributed by atoms with E-state index in [1.807, 2.05) is 4.72 Å². The molecule has 2 amide bonds. The highest BCUT2D eigenvalue weighted by Crippen LogP contribution is 2.14. The van der Waals surface area contributed by atoms with E-state index in [9.17, 15) is 22.8 Å². The molecular weight excluding hydrogens is 386 g/mol. The van der Waals surface area contributed by atoms with Gasteiger partial charge in [0.05, 0.1) is 10.6 Å². The average Bonchev–Trinajstić information content (AvgIpc) is 3.04. The molecule has 3 aromatic rings. The predicted molar refractivity (Wildman–Crippen MR) is 99.6 cm³/mol. The average molecular weight is 401 g/mol. The maximum Gasteiger partial charge on any atom is 0.348 e. The summed E-state index contributed by atoms with van der Waals surface area (Å²) in [4.78, 5) is 37.5. The van der Waals surface area contributed by atoms with Crippen LogP contribution in [-0.2, 0) is 14.8 Å². The van der Waals surface area contributed by atoms with Crippen molar-refractivity contribution in [1.29, 1.82) is 0 Å². The Hall–Kier alpha value is -3.73. The van der Waals surface area contributed by atoms with Gasteiger partial charge in [0.15, 0.2) is 0 Å². The van der Waals surface area contributed by atoms with Gasteiger partial charge in [-0.15, -0.1) is 5.10 Å². The summed E-state index contributed by atoms with van der Waals surface area (Å²) in [6, 6.07) is 13.7. The number of carbonyl (C=O) groups is 2. The SMILES string of the molecule is CC(=O)NS(=O)(=O)c1ccc(NC(=O)c2nn(-c3ccccc3)c(=O)[nH]2)cc1. The summed E-state index contributed by atoms with van der Waals surface area (Å²) >= 11 is 0. The van der Waals surface area contributed by atoms with Crippen molar-refractivity contribution in [3.63, 3.8) is 0 Å². The number of rotatable bonds is 5. The molecule has 0 bridgehead atoms. The molecule has 10 nitrogen and oxygen atoms in total. The topological polar surface area (TPSA) is 143 Å². The summed E-state index contributed by atoms with van der Waals surface area (Å²) < 4.78 is 26.7. The maximum absolute atomic E-state index is 12.3. The lowest BCUT2D eigenvalue weighted by molar-refractivity contribution is -0.117. The van der Waals surface area contributed by atoms with E-state index in [0.29, 0.717) is 5.69 Å². The first kappa shape index (κ1) is 19.0. The Morgan fingerprint density at radius 3 is 2.29 bits per heavy atom. The summed E-state index contributed by atoms with van der Waals surface area (Å²) in [6.45, 7) is 1.08. The van der Waals surface area contributed by atoms with E-state index in [2.05, 4.69) is 15.4 Å². The molecule has 0 aliphatic carbocycles. The van der Waals surface area contributed by atoms with Crippen molar-refractivity contribution >= 4 is 27.5 Å². The van der Waals surface area contributed by atoms with Gasteiger partial charge < -0.3 is 5.32 Å². The number of hydrogen-bond acceptors (Lipinski definition) is 6. The van der Waals surface area contributed by atoms with Crippen LogP contribution in [0, 0.1) is 0 Å².